The van der Waals surface area contributed by atoms with Crippen molar-refractivity contribution in [2.24, 2.45) is 0 Å². The summed E-state index contributed by atoms with van der Waals surface area (Å²) in [5.41, 5.74) is 0. The summed E-state index contributed by atoms with van der Waals surface area (Å²) in [6, 6.07) is 0. The first-order valence-corrected chi connectivity index (χ1v) is 6.51. The number of methoxy groups -OCH3 is 1. The van der Waals surface area contributed by atoms with Gasteiger partial charge in [-0.2, -0.15) is 0 Å². The summed E-state index contributed by atoms with van der Waals surface area (Å²) in [7, 11) is 1.63. The van der Waals surface area contributed by atoms with Gasteiger partial charge in [-0.15, -0.1) is 0 Å². The van der Waals surface area contributed by atoms with E-state index in [1.165, 1.54) is 0 Å². The minimum absolute atomic E-state index is 0.0476. The van der Waals surface area contributed by atoms with Crippen molar-refractivity contribution in [3.8, 4) is 0 Å². The summed E-state index contributed by atoms with van der Waals surface area (Å²) in [6.07, 6.45) is 2.56. The van der Waals surface area contributed by atoms with Crippen molar-refractivity contribution < 1.29 is 24.1 Å². The molecule has 18 heavy (non-hydrogen) atoms. The fourth-order valence-electron chi connectivity index (χ4n) is 1.34. The number of ether oxygens (including phenoxy) is 3. The van der Waals surface area contributed by atoms with E-state index in [0.29, 0.717) is 19.6 Å². The number of aliphatic hydroxyl groups is 1. The first-order chi connectivity index (χ1) is 8.60. The van der Waals surface area contributed by atoms with Gasteiger partial charge in [0.2, 0.25) is 0 Å². The molecule has 2 unspecified atom stereocenters. The zero-order valence-corrected chi connectivity index (χ0v) is 11.7. The van der Waals surface area contributed by atoms with Gasteiger partial charge in [0.25, 0.3) is 0 Å². The highest BCUT2D eigenvalue weighted by molar-refractivity contribution is 5.69. The van der Waals surface area contributed by atoms with Crippen molar-refractivity contribution in [2.45, 2.75) is 51.7 Å². The Morgan fingerprint density at radius 3 is 2.39 bits per heavy atom. The Labute approximate surface area is 109 Å². The van der Waals surface area contributed by atoms with Gasteiger partial charge in [0.1, 0.15) is 6.10 Å². The summed E-state index contributed by atoms with van der Waals surface area (Å²) >= 11 is 0. The van der Waals surface area contributed by atoms with Crippen LogP contribution in [0.2, 0.25) is 0 Å². The Morgan fingerprint density at radius 2 is 1.78 bits per heavy atom. The molecule has 5 heteroatoms. The maximum atomic E-state index is 11.4. The molecule has 0 radical (unpaired) electrons. The molecule has 0 saturated carbocycles. The SMILES string of the molecule is COC(C)COCC(C)OC(=O)CCCCCO. The molecular formula is C13H26O5. The first kappa shape index (κ1) is 17.4. The lowest BCUT2D eigenvalue weighted by Gasteiger charge is -2.15. The van der Waals surface area contributed by atoms with E-state index in [-0.39, 0.29) is 24.8 Å². The standard InChI is InChI=1S/C13H26O5/c1-11(16-3)9-17-10-12(2)18-13(15)7-5-4-6-8-14/h11-12,14H,4-10H2,1-3H3. The molecule has 5 nitrogen and oxygen atoms in total. The molecule has 0 rings (SSSR count). The quantitative estimate of drug-likeness (QED) is 0.452. The minimum atomic E-state index is -0.237. The second-order valence-corrected chi connectivity index (χ2v) is 4.42. The lowest BCUT2D eigenvalue weighted by atomic mass is 10.2. The molecular weight excluding hydrogens is 236 g/mol. The molecule has 0 aromatic carbocycles. The number of aliphatic hydroxyl groups excluding tert-OH is 1. The van der Waals surface area contributed by atoms with E-state index in [1.54, 1.807) is 7.11 Å². The summed E-state index contributed by atoms with van der Waals surface area (Å²) in [4.78, 5) is 11.4. The second kappa shape index (κ2) is 11.4. The monoisotopic (exact) mass is 262 g/mol. The number of carbonyl (C=O) groups is 1. The van der Waals surface area contributed by atoms with Crippen molar-refractivity contribution in [3.05, 3.63) is 0 Å². The maximum absolute atomic E-state index is 11.4. The predicted molar refractivity (Wildman–Crippen MR) is 68.4 cm³/mol. The van der Waals surface area contributed by atoms with Gasteiger partial charge in [0.05, 0.1) is 19.3 Å². The van der Waals surface area contributed by atoms with Crippen LogP contribution in [-0.2, 0) is 19.0 Å². The second-order valence-electron chi connectivity index (χ2n) is 4.42. The summed E-state index contributed by atoms with van der Waals surface area (Å²) < 4.78 is 15.6. The number of unbranched alkanes of at least 4 members (excludes halogenated alkanes) is 2. The van der Waals surface area contributed by atoms with Gasteiger partial charge in [-0.3, -0.25) is 4.79 Å². The number of hydrogen-bond donors (Lipinski definition) is 1. The molecule has 2 atom stereocenters. The van der Waals surface area contributed by atoms with Gasteiger partial charge < -0.3 is 19.3 Å². The largest absolute Gasteiger partial charge is 0.460 e. The predicted octanol–water partition coefficient (Wildman–Crippen LogP) is 1.52. The maximum Gasteiger partial charge on any atom is 0.306 e. The highest BCUT2D eigenvalue weighted by Crippen LogP contribution is 2.03. The average molecular weight is 262 g/mol. The van der Waals surface area contributed by atoms with Gasteiger partial charge >= 0.3 is 5.97 Å². The van der Waals surface area contributed by atoms with Crippen LogP contribution in [0.25, 0.3) is 0 Å². The number of rotatable bonds is 11. The molecule has 0 amide bonds. The molecule has 1 N–H and O–H groups in total. The molecule has 0 aliphatic carbocycles. The molecule has 0 heterocycles. The van der Waals surface area contributed by atoms with Crippen molar-refractivity contribution in [1.82, 2.24) is 0 Å². The van der Waals surface area contributed by atoms with Crippen molar-refractivity contribution in [1.29, 1.82) is 0 Å². The fraction of sp³-hybridized carbons (Fsp3) is 0.923. The normalized spacial score (nSPS) is 14.2. The zero-order valence-electron chi connectivity index (χ0n) is 11.7. The van der Waals surface area contributed by atoms with Crippen molar-refractivity contribution >= 4 is 5.97 Å². The molecule has 0 aromatic heterocycles. The van der Waals surface area contributed by atoms with Gasteiger partial charge in [-0.1, -0.05) is 6.42 Å². The van der Waals surface area contributed by atoms with E-state index >= 15 is 0 Å². The van der Waals surface area contributed by atoms with Crippen LogP contribution in [0.5, 0.6) is 0 Å². The topological polar surface area (TPSA) is 65.0 Å². The van der Waals surface area contributed by atoms with Crippen LogP contribution in [0, 0.1) is 0 Å². The van der Waals surface area contributed by atoms with Crippen LogP contribution in [0.15, 0.2) is 0 Å². The molecule has 0 aliphatic rings. The van der Waals surface area contributed by atoms with Crippen LogP contribution >= 0.6 is 0 Å². The summed E-state index contributed by atoms with van der Waals surface area (Å²) in [5, 5.41) is 8.60. The summed E-state index contributed by atoms with van der Waals surface area (Å²) in [6.45, 7) is 4.78. The molecule has 108 valence electrons. The Morgan fingerprint density at radius 1 is 1.11 bits per heavy atom. The number of carbonyl (C=O) groups excluding carboxylic acids is 1. The smallest absolute Gasteiger partial charge is 0.306 e. The van der Waals surface area contributed by atoms with Gasteiger partial charge in [0.15, 0.2) is 0 Å². The average Bonchev–Trinajstić information content (AvgIpc) is 2.34. The van der Waals surface area contributed by atoms with E-state index in [4.69, 9.17) is 19.3 Å². The number of esters is 1. The molecule has 0 aliphatic heterocycles. The lowest BCUT2D eigenvalue weighted by molar-refractivity contribution is -0.151. The highest BCUT2D eigenvalue weighted by atomic mass is 16.6. The Hall–Kier alpha value is -0.650. The van der Waals surface area contributed by atoms with E-state index in [0.717, 1.165) is 19.3 Å². The van der Waals surface area contributed by atoms with E-state index in [2.05, 4.69) is 0 Å². The van der Waals surface area contributed by atoms with Gasteiger partial charge in [-0.05, 0) is 26.7 Å². The first-order valence-electron chi connectivity index (χ1n) is 6.51. The Balaban J connectivity index is 3.49. The zero-order chi connectivity index (χ0) is 13.8. The molecule has 0 bridgehead atoms. The van der Waals surface area contributed by atoms with Crippen LogP contribution in [-0.4, -0.2) is 50.2 Å². The van der Waals surface area contributed by atoms with Gasteiger partial charge in [-0.25, -0.2) is 0 Å². The lowest BCUT2D eigenvalue weighted by Crippen LogP contribution is -2.23. The van der Waals surface area contributed by atoms with Crippen LogP contribution in [0.3, 0.4) is 0 Å². The third kappa shape index (κ3) is 10.5. The van der Waals surface area contributed by atoms with Crippen LogP contribution < -0.4 is 0 Å². The molecule has 0 spiro atoms. The van der Waals surface area contributed by atoms with Crippen LogP contribution in [0.1, 0.15) is 39.5 Å². The van der Waals surface area contributed by atoms with Gasteiger partial charge in [0, 0.05) is 20.1 Å². The van der Waals surface area contributed by atoms with E-state index in [9.17, 15) is 4.79 Å². The third-order valence-corrected chi connectivity index (χ3v) is 2.48. The minimum Gasteiger partial charge on any atom is -0.460 e. The Kier molecular flexibility index (Phi) is 11.0. The van der Waals surface area contributed by atoms with Crippen molar-refractivity contribution in [2.75, 3.05) is 26.9 Å². The van der Waals surface area contributed by atoms with E-state index in [1.807, 2.05) is 13.8 Å². The highest BCUT2D eigenvalue weighted by Gasteiger charge is 2.10. The summed E-state index contributed by atoms with van der Waals surface area (Å²) in [5.74, 6) is -0.205. The third-order valence-electron chi connectivity index (χ3n) is 2.48. The Bertz CT molecular complexity index is 208. The van der Waals surface area contributed by atoms with Crippen LogP contribution in [0.4, 0.5) is 0 Å². The fourth-order valence-corrected chi connectivity index (χ4v) is 1.34. The van der Waals surface area contributed by atoms with E-state index < -0.39 is 0 Å². The molecule has 0 aromatic rings. The molecule has 0 saturated heterocycles. The molecule has 0 fully saturated rings. The number of hydrogen-bond acceptors (Lipinski definition) is 5. The van der Waals surface area contributed by atoms with Crippen molar-refractivity contribution in [3.63, 3.8) is 0 Å².